The number of aliphatic hydroxyl groups is 4. The summed E-state index contributed by atoms with van der Waals surface area (Å²) >= 11 is 0. The average molecular weight is 403 g/mol. The van der Waals surface area contributed by atoms with Crippen LogP contribution in [0.4, 0.5) is 0 Å². The smallest absolute Gasteiger partial charge is 0.251 e. The molecule has 0 bridgehead atoms. The number of ether oxygens (including phenoxy) is 2. The van der Waals surface area contributed by atoms with Crippen molar-refractivity contribution in [2.75, 3.05) is 13.7 Å². The second-order valence-electron chi connectivity index (χ2n) is 6.89. The van der Waals surface area contributed by atoms with Gasteiger partial charge in [0.05, 0.1) is 6.61 Å². The summed E-state index contributed by atoms with van der Waals surface area (Å²) in [5, 5.41) is 41.9. The lowest BCUT2D eigenvalue weighted by Crippen LogP contribution is -2.55. The van der Waals surface area contributed by atoms with Gasteiger partial charge in [0.1, 0.15) is 42.9 Å². The number of rotatable bonds is 6. The highest BCUT2D eigenvalue weighted by atomic mass is 16.5. The highest BCUT2D eigenvalue weighted by Crippen LogP contribution is 2.33. The number of hydrogen-bond donors (Lipinski definition) is 5. The maximum atomic E-state index is 11.7. The Morgan fingerprint density at radius 3 is 2.45 bits per heavy atom. The van der Waals surface area contributed by atoms with E-state index in [0.717, 1.165) is 5.56 Å². The third-order valence-corrected chi connectivity index (χ3v) is 4.92. The van der Waals surface area contributed by atoms with Crippen molar-refractivity contribution in [1.82, 2.24) is 5.32 Å². The molecule has 5 unspecified atom stereocenters. The molecule has 1 aliphatic heterocycles. The Kier molecular flexibility index (Phi) is 6.83. The molecule has 0 saturated carbocycles. The van der Waals surface area contributed by atoms with E-state index in [9.17, 15) is 25.2 Å². The minimum Gasteiger partial charge on any atom is -0.489 e. The Hall–Kier alpha value is -2.49. The Labute approximate surface area is 168 Å². The fraction of sp³-hybridized carbons (Fsp3) is 0.381. The summed E-state index contributed by atoms with van der Waals surface area (Å²) in [7, 11) is 1.57. The molecule has 1 fully saturated rings. The highest BCUT2D eigenvalue weighted by Gasteiger charge is 2.43. The summed E-state index contributed by atoms with van der Waals surface area (Å²) in [4.78, 5) is 11.7. The summed E-state index contributed by atoms with van der Waals surface area (Å²) < 4.78 is 11.3. The molecule has 1 amide bonds. The van der Waals surface area contributed by atoms with Crippen LogP contribution in [0, 0.1) is 0 Å². The molecular weight excluding hydrogens is 378 g/mol. The molecule has 1 saturated heterocycles. The fourth-order valence-electron chi connectivity index (χ4n) is 3.24. The predicted octanol–water partition coefficient (Wildman–Crippen LogP) is 0.140. The summed E-state index contributed by atoms with van der Waals surface area (Å²) in [5.74, 6) is 0.402. The zero-order chi connectivity index (χ0) is 21.0. The van der Waals surface area contributed by atoms with Crippen molar-refractivity contribution in [3.63, 3.8) is 0 Å². The van der Waals surface area contributed by atoms with E-state index in [1.165, 1.54) is 0 Å². The Morgan fingerprint density at radius 2 is 1.79 bits per heavy atom. The number of hydrogen-bond acceptors (Lipinski definition) is 7. The number of amides is 1. The molecule has 0 aliphatic carbocycles. The van der Waals surface area contributed by atoms with Crippen LogP contribution in [0.5, 0.6) is 5.75 Å². The predicted molar refractivity (Wildman–Crippen MR) is 103 cm³/mol. The second-order valence-corrected chi connectivity index (χ2v) is 6.89. The quantitative estimate of drug-likeness (QED) is 0.464. The van der Waals surface area contributed by atoms with E-state index in [1.807, 2.05) is 6.07 Å². The Balaban J connectivity index is 1.65. The van der Waals surface area contributed by atoms with Crippen molar-refractivity contribution in [2.45, 2.75) is 37.1 Å². The minimum atomic E-state index is -1.42. The van der Waals surface area contributed by atoms with Gasteiger partial charge in [-0.15, -0.1) is 0 Å². The van der Waals surface area contributed by atoms with Crippen molar-refractivity contribution < 1.29 is 34.7 Å². The van der Waals surface area contributed by atoms with Crippen LogP contribution in [0.3, 0.4) is 0 Å². The van der Waals surface area contributed by atoms with Gasteiger partial charge in [0.25, 0.3) is 5.91 Å². The summed E-state index contributed by atoms with van der Waals surface area (Å²) in [6, 6.07) is 13.9. The monoisotopic (exact) mass is 403 g/mol. The number of aliphatic hydroxyl groups excluding tert-OH is 4. The first-order chi connectivity index (χ1) is 13.9. The highest BCUT2D eigenvalue weighted by molar-refractivity contribution is 5.94. The van der Waals surface area contributed by atoms with E-state index in [-0.39, 0.29) is 12.5 Å². The topological polar surface area (TPSA) is 128 Å². The van der Waals surface area contributed by atoms with Crippen molar-refractivity contribution >= 4 is 5.91 Å². The lowest BCUT2D eigenvalue weighted by atomic mass is 9.91. The zero-order valence-electron chi connectivity index (χ0n) is 15.9. The van der Waals surface area contributed by atoms with E-state index in [2.05, 4.69) is 5.32 Å². The molecule has 29 heavy (non-hydrogen) atoms. The molecular formula is C21H25NO7. The van der Waals surface area contributed by atoms with Crippen molar-refractivity contribution in [3.8, 4) is 5.75 Å². The summed E-state index contributed by atoms with van der Waals surface area (Å²) in [5.41, 5.74) is 1.96. The van der Waals surface area contributed by atoms with E-state index in [4.69, 9.17) is 9.47 Å². The SMILES string of the molecule is CNC(=O)c1cccc(COc2ccc(C3OC(CO)C(O)C(O)C3O)cc2)c1. The maximum absolute atomic E-state index is 11.7. The molecule has 1 heterocycles. The largest absolute Gasteiger partial charge is 0.489 e. The van der Waals surface area contributed by atoms with Gasteiger partial charge in [0.15, 0.2) is 0 Å². The normalized spacial score (nSPS) is 26.7. The third-order valence-electron chi connectivity index (χ3n) is 4.92. The average Bonchev–Trinajstić information content (AvgIpc) is 2.76. The number of carbonyl (C=O) groups is 1. The standard InChI is InChI=1S/C21H25NO7/c1-22-21(27)14-4-2-3-12(9-14)11-28-15-7-5-13(6-8-15)20-19(26)18(25)17(24)16(10-23)29-20/h2-9,16-20,23-26H,10-11H2,1H3,(H,22,27). The van der Waals surface area contributed by atoms with Gasteiger partial charge in [0.2, 0.25) is 0 Å². The molecule has 5 atom stereocenters. The van der Waals surface area contributed by atoms with Crippen LogP contribution in [0.25, 0.3) is 0 Å². The van der Waals surface area contributed by atoms with E-state index in [1.54, 1.807) is 49.5 Å². The van der Waals surface area contributed by atoms with E-state index < -0.39 is 37.1 Å². The maximum Gasteiger partial charge on any atom is 0.251 e. The molecule has 2 aromatic carbocycles. The van der Waals surface area contributed by atoms with Crippen LogP contribution < -0.4 is 10.1 Å². The van der Waals surface area contributed by atoms with Crippen LogP contribution in [0.2, 0.25) is 0 Å². The van der Waals surface area contributed by atoms with Crippen molar-refractivity contribution in [3.05, 3.63) is 65.2 Å². The van der Waals surface area contributed by atoms with Crippen LogP contribution >= 0.6 is 0 Å². The molecule has 5 N–H and O–H groups in total. The van der Waals surface area contributed by atoms with Crippen LogP contribution in [0.15, 0.2) is 48.5 Å². The molecule has 2 aromatic rings. The van der Waals surface area contributed by atoms with Gasteiger partial charge in [-0.3, -0.25) is 4.79 Å². The number of carbonyl (C=O) groups excluding carboxylic acids is 1. The third kappa shape index (κ3) is 4.75. The first kappa shape index (κ1) is 21.2. The molecule has 8 nitrogen and oxygen atoms in total. The Bertz CT molecular complexity index is 824. The summed E-state index contributed by atoms with van der Waals surface area (Å²) in [6.07, 6.45) is -5.98. The van der Waals surface area contributed by atoms with Gasteiger partial charge >= 0.3 is 0 Å². The zero-order valence-corrected chi connectivity index (χ0v) is 15.9. The van der Waals surface area contributed by atoms with Crippen LogP contribution in [0.1, 0.15) is 27.6 Å². The van der Waals surface area contributed by atoms with Gasteiger partial charge in [-0.2, -0.15) is 0 Å². The Morgan fingerprint density at radius 1 is 1.07 bits per heavy atom. The minimum absolute atomic E-state index is 0.171. The van der Waals surface area contributed by atoms with E-state index in [0.29, 0.717) is 16.9 Å². The van der Waals surface area contributed by atoms with Gasteiger partial charge in [-0.05, 0) is 35.4 Å². The molecule has 0 radical (unpaired) electrons. The van der Waals surface area contributed by atoms with Crippen LogP contribution in [-0.2, 0) is 11.3 Å². The molecule has 0 aromatic heterocycles. The van der Waals surface area contributed by atoms with Crippen molar-refractivity contribution in [2.24, 2.45) is 0 Å². The molecule has 0 spiro atoms. The van der Waals surface area contributed by atoms with E-state index >= 15 is 0 Å². The van der Waals surface area contributed by atoms with Gasteiger partial charge in [-0.25, -0.2) is 0 Å². The molecule has 156 valence electrons. The number of benzene rings is 2. The first-order valence-electron chi connectivity index (χ1n) is 9.29. The lowest BCUT2D eigenvalue weighted by molar-refractivity contribution is -0.231. The second kappa shape index (κ2) is 9.34. The lowest BCUT2D eigenvalue weighted by Gasteiger charge is -2.40. The van der Waals surface area contributed by atoms with Gasteiger partial charge in [-0.1, -0.05) is 24.3 Å². The summed E-state index contributed by atoms with van der Waals surface area (Å²) in [6.45, 7) is -0.206. The molecule has 8 heteroatoms. The molecule has 1 aliphatic rings. The first-order valence-corrected chi connectivity index (χ1v) is 9.29. The fourth-order valence-corrected chi connectivity index (χ4v) is 3.24. The van der Waals surface area contributed by atoms with Gasteiger partial charge < -0.3 is 35.2 Å². The number of nitrogens with one attached hydrogen (secondary N) is 1. The van der Waals surface area contributed by atoms with Crippen LogP contribution in [-0.4, -0.2) is 64.4 Å². The van der Waals surface area contributed by atoms with Crippen molar-refractivity contribution in [1.29, 1.82) is 0 Å². The molecule has 3 rings (SSSR count). The van der Waals surface area contributed by atoms with Gasteiger partial charge in [0, 0.05) is 12.6 Å².